The van der Waals surface area contributed by atoms with Gasteiger partial charge in [-0.25, -0.2) is 8.42 Å². The Morgan fingerprint density at radius 1 is 1.17 bits per heavy atom. The minimum Gasteiger partial charge on any atom is -0.495 e. The van der Waals surface area contributed by atoms with Gasteiger partial charge in [0.25, 0.3) is 5.91 Å². The van der Waals surface area contributed by atoms with E-state index < -0.39 is 15.7 Å². The molecule has 0 bridgehead atoms. The number of nitrogens with zero attached hydrogens (tertiary/aromatic N) is 1. The summed E-state index contributed by atoms with van der Waals surface area (Å²) in [6.45, 7) is 1.86. The van der Waals surface area contributed by atoms with E-state index in [1.165, 1.54) is 36.6 Å². The third-order valence-corrected chi connectivity index (χ3v) is 6.65. The highest BCUT2D eigenvalue weighted by Gasteiger charge is 2.18. The van der Waals surface area contributed by atoms with Gasteiger partial charge in [-0.1, -0.05) is 23.2 Å². The summed E-state index contributed by atoms with van der Waals surface area (Å²) in [5.74, 6) is 0.142. The molecule has 152 valence electrons. The van der Waals surface area contributed by atoms with Crippen LogP contribution in [0.15, 0.2) is 41.4 Å². The molecule has 0 saturated heterocycles. The summed E-state index contributed by atoms with van der Waals surface area (Å²) in [5.41, 5.74) is 1.56. The molecule has 0 saturated carbocycles. The summed E-state index contributed by atoms with van der Waals surface area (Å²) in [5, 5.41) is 3.30. The van der Waals surface area contributed by atoms with Gasteiger partial charge in [-0.05, 0) is 31.2 Å². The van der Waals surface area contributed by atoms with E-state index in [4.69, 9.17) is 27.9 Å². The number of ether oxygens (including phenoxy) is 1. The maximum Gasteiger partial charge on any atom is 0.265 e. The average molecular weight is 471 g/mol. The molecule has 0 aliphatic carbocycles. The SMILES string of the molecule is COc1cnc(-c2cc(C(=O)Nc3cc(Cl)cc(S(C)(=O)=O)c3)sc2C)c(Cl)c1. The standard InChI is InChI=1S/C19H16Cl2N2O4S2/c1-10-15(18-16(21)7-13(27-2)9-22-18)8-17(28-10)19(24)23-12-4-11(20)5-14(6-12)29(3,25)26/h4-9H,1-3H3,(H,23,24). The van der Waals surface area contributed by atoms with E-state index in [2.05, 4.69) is 10.3 Å². The number of carbonyl (C=O) groups excluding carboxylic acids is 1. The number of anilines is 1. The molecular formula is C19H16Cl2N2O4S2. The van der Waals surface area contributed by atoms with Gasteiger partial charge in [0.2, 0.25) is 0 Å². The van der Waals surface area contributed by atoms with Crippen molar-refractivity contribution in [1.29, 1.82) is 0 Å². The highest BCUT2D eigenvalue weighted by Crippen LogP contribution is 2.35. The molecule has 6 nitrogen and oxygen atoms in total. The number of amides is 1. The molecule has 0 fully saturated rings. The molecule has 2 heterocycles. The van der Waals surface area contributed by atoms with E-state index in [1.54, 1.807) is 18.3 Å². The summed E-state index contributed by atoms with van der Waals surface area (Å²) in [4.78, 5) is 18.3. The molecule has 1 N–H and O–H groups in total. The number of thiophene rings is 1. The molecular weight excluding hydrogens is 455 g/mol. The van der Waals surface area contributed by atoms with Crippen LogP contribution >= 0.6 is 34.5 Å². The Labute approximate surface area is 182 Å². The van der Waals surface area contributed by atoms with Gasteiger partial charge in [-0.15, -0.1) is 11.3 Å². The molecule has 0 radical (unpaired) electrons. The van der Waals surface area contributed by atoms with Crippen molar-refractivity contribution in [2.45, 2.75) is 11.8 Å². The molecule has 0 aliphatic rings. The topological polar surface area (TPSA) is 85.4 Å². The van der Waals surface area contributed by atoms with Crippen molar-refractivity contribution in [3.63, 3.8) is 0 Å². The Hall–Kier alpha value is -2.13. The van der Waals surface area contributed by atoms with Gasteiger partial charge < -0.3 is 10.1 Å². The number of hydrogen-bond donors (Lipinski definition) is 1. The molecule has 1 amide bonds. The van der Waals surface area contributed by atoms with Crippen molar-refractivity contribution in [2.24, 2.45) is 0 Å². The number of sulfone groups is 1. The quantitative estimate of drug-likeness (QED) is 0.560. The first-order valence-electron chi connectivity index (χ1n) is 8.21. The first kappa shape index (κ1) is 21.6. The second-order valence-corrected chi connectivity index (χ2v) is 10.3. The third-order valence-electron chi connectivity index (χ3n) is 4.01. The number of pyridine rings is 1. The van der Waals surface area contributed by atoms with Crippen LogP contribution in [0.4, 0.5) is 5.69 Å². The maximum atomic E-state index is 12.7. The number of halogens is 2. The predicted molar refractivity (Wildman–Crippen MR) is 116 cm³/mol. The zero-order valence-electron chi connectivity index (χ0n) is 15.6. The fourth-order valence-electron chi connectivity index (χ4n) is 2.60. The maximum absolute atomic E-state index is 12.7. The zero-order chi connectivity index (χ0) is 21.3. The van der Waals surface area contributed by atoms with E-state index >= 15 is 0 Å². The largest absolute Gasteiger partial charge is 0.495 e. The minimum absolute atomic E-state index is 0.0255. The first-order valence-corrected chi connectivity index (χ1v) is 11.7. The Balaban J connectivity index is 1.91. The number of carbonyl (C=O) groups is 1. The molecule has 29 heavy (non-hydrogen) atoms. The van der Waals surface area contributed by atoms with E-state index in [0.717, 1.165) is 16.7 Å². The van der Waals surface area contributed by atoms with Crippen molar-refractivity contribution in [3.8, 4) is 17.0 Å². The lowest BCUT2D eigenvalue weighted by Crippen LogP contribution is -2.11. The van der Waals surface area contributed by atoms with Crippen molar-refractivity contribution in [3.05, 3.63) is 56.3 Å². The fourth-order valence-corrected chi connectivity index (χ4v) is 4.76. The van der Waals surface area contributed by atoms with Crippen LogP contribution in [0.25, 0.3) is 11.3 Å². The van der Waals surface area contributed by atoms with E-state index in [9.17, 15) is 13.2 Å². The van der Waals surface area contributed by atoms with Gasteiger partial charge in [0.1, 0.15) is 5.75 Å². The normalized spacial score (nSPS) is 11.3. The summed E-state index contributed by atoms with van der Waals surface area (Å²) in [6.07, 6.45) is 2.63. The first-order chi connectivity index (χ1) is 13.6. The molecule has 0 atom stereocenters. The average Bonchev–Trinajstić information content (AvgIpc) is 3.02. The van der Waals surface area contributed by atoms with Crippen molar-refractivity contribution >= 4 is 56.0 Å². The van der Waals surface area contributed by atoms with Gasteiger partial charge in [0.15, 0.2) is 9.84 Å². The van der Waals surface area contributed by atoms with Crippen LogP contribution in [0.2, 0.25) is 10.0 Å². The van der Waals surface area contributed by atoms with E-state index in [0.29, 0.717) is 21.3 Å². The summed E-state index contributed by atoms with van der Waals surface area (Å²) >= 11 is 13.6. The fraction of sp³-hybridized carbons (Fsp3) is 0.158. The lowest BCUT2D eigenvalue weighted by atomic mass is 10.1. The molecule has 0 aliphatic heterocycles. The van der Waals surface area contributed by atoms with Gasteiger partial charge in [-0.3, -0.25) is 9.78 Å². The second kappa shape index (κ2) is 8.31. The van der Waals surface area contributed by atoms with Crippen LogP contribution in [-0.4, -0.2) is 32.7 Å². The molecule has 0 spiro atoms. The van der Waals surface area contributed by atoms with Crippen LogP contribution < -0.4 is 10.1 Å². The van der Waals surface area contributed by atoms with Gasteiger partial charge in [0, 0.05) is 33.5 Å². The number of nitrogens with one attached hydrogen (secondary N) is 1. The predicted octanol–water partition coefficient (Wildman–Crippen LogP) is 5.09. The number of aromatic nitrogens is 1. The van der Waals surface area contributed by atoms with Gasteiger partial charge >= 0.3 is 0 Å². The molecule has 10 heteroatoms. The molecule has 2 aromatic heterocycles. The highest BCUT2D eigenvalue weighted by atomic mass is 35.5. The van der Waals surface area contributed by atoms with Crippen molar-refractivity contribution < 1.29 is 17.9 Å². The number of rotatable bonds is 5. The van der Waals surface area contributed by atoms with Crippen LogP contribution in [0, 0.1) is 6.92 Å². The number of aryl methyl sites for hydroxylation is 1. The highest BCUT2D eigenvalue weighted by molar-refractivity contribution is 7.90. The van der Waals surface area contributed by atoms with Gasteiger partial charge in [-0.2, -0.15) is 0 Å². The minimum atomic E-state index is -3.46. The lowest BCUT2D eigenvalue weighted by molar-refractivity contribution is 0.103. The monoisotopic (exact) mass is 470 g/mol. The Bertz CT molecular complexity index is 1210. The summed E-state index contributed by atoms with van der Waals surface area (Å²) in [7, 11) is -1.94. The Morgan fingerprint density at radius 3 is 2.52 bits per heavy atom. The molecule has 3 aromatic rings. The number of benzene rings is 1. The molecule has 3 rings (SSSR count). The Morgan fingerprint density at radius 2 is 1.90 bits per heavy atom. The van der Waals surface area contributed by atoms with E-state index in [-0.39, 0.29) is 15.6 Å². The summed E-state index contributed by atoms with van der Waals surface area (Å²) in [6, 6.07) is 7.52. The molecule has 0 unspecified atom stereocenters. The van der Waals surface area contributed by atoms with Crippen LogP contribution in [0.3, 0.4) is 0 Å². The van der Waals surface area contributed by atoms with Crippen molar-refractivity contribution in [1.82, 2.24) is 4.98 Å². The number of hydrogen-bond acceptors (Lipinski definition) is 6. The van der Waals surface area contributed by atoms with E-state index in [1.807, 2.05) is 6.92 Å². The van der Waals surface area contributed by atoms with Crippen LogP contribution in [-0.2, 0) is 9.84 Å². The summed E-state index contributed by atoms with van der Waals surface area (Å²) < 4.78 is 28.7. The second-order valence-electron chi connectivity index (χ2n) is 6.19. The molecule has 1 aromatic carbocycles. The lowest BCUT2D eigenvalue weighted by Gasteiger charge is -2.07. The van der Waals surface area contributed by atoms with Crippen molar-refractivity contribution in [2.75, 3.05) is 18.7 Å². The third kappa shape index (κ3) is 4.90. The van der Waals surface area contributed by atoms with Gasteiger partial charge in [0.05, 0.1) is 33.8 Å². The number of methoxy groups -OCH3 is 1. The smallest absolute Gasteiger partial charge is 0.265 e. The van der Waals surface area contributed by atoms with Crippen LogP contribution in [0.1, 0.15) is 14.5 Å². The van der Waals surface area contributed by atoms with Crippen LogP contribution in [0.5, 0.6) is 5.75 Å². The zero-order valence-corrected chi connectivity index (χ0v) is 18.8. The Kier molecular flexibility index (Phi) is 6.19.